The second-order valence-corrected chi connectivity index (χ2v) is 3.87. The maximum absolute atomic E-state index is 5.86. The summed E-state index contributed by atoms with van der Waals surface area (Å²) in [4.78, 5) is 7.51. The second-order valence-electron chi connectivity index (χ2n) is 2.61. The standard InChI is InChI=1S/C8H9BrClN5/c9-5-2-1-4(3-6(5)10)14-8(13)15-7(11)12/h1-3H,(H6,11,12,13,14,15). The van der Waals surface area contributed by atoms with Crippen molar-refractivity contribution in [2.24, 2.45) is 27.2 Å². The topological polar surface area (TPSA) is 103 Å². The van der Waals surface area contributed by atoms with Crippen LogP contribution in [0.3, 0.4) is 0 Å². The summed E-state index contributed by atoms with van der Waals surface area (Å²) in [7, 11) is 0. The van der Waals surface area contributed by atoms with Crippen molar-refractivity contribution < 1.29 is 0 Å². The molecule has 0 saturated heterocycles. The fourth-order valence-corrected chi connectivity index (χ4v) is 1.27. The average Bonchev–Trinajstić information content (AvgIpc) is 2.10. The van der Waals surface area contributed by atoms with E-state index in [-0.39, 0.29) is 11.9 Å². The fourth-order valence-electron chi connectivity index (χ4n) is 0.844. The Balaban J connectivity index is 2.99. The quantitative estimate of drug-likeness (QED) is 0.537. The van der Waals surface area contributed by atoms with Crippen molar-refractivity contribution in [3.05, 3.63) is 27.7 Å². The first-order valence-corrected chi connectivity index (χ1v) is 5.05. The Kier molecular flexibility index (Phi) is 3.93. The fraction of sp³-hybridized carbons (Fsp3) is 0. The van der Waals surface area contributed by atoms with Crippen molar-refractivity contribution in [3.63, 3.8) is 0 Å². The zero-order valence-electron chi connectivity index (χ0n) is 7.61. The Morgan fingerprint density at radius 1 is 1.27 bits per heavy atom. The van der Waals surface area contributed by atoms with E-state index < -0.39 is 0 Å². The van der Waals surface area contributed by atoms with Gasteiger partial charge in [0.2, 0.25) is 5.96 Å². The van der Waals surface area contributed by atoms with Gasteiger partial charge in [-0.1, -0.05) is 11.6 Å². The molecule has 0 bridgehead atoms. The number of nitrogens with two attached hydrogens (primary N) is 3. The lowest BCUT2D eigenvalue weighted by Crippen LogP contribution is -2.26. The van der Waals surface area contributed by atoms with Crippen LogP contribution in [0.15, 0.2) is 32.7 Å². The molecule has 1 aromatic carbocycles. The number of aliphatic imine (C=N–C) groups is 2. The maximum Gasteiger partial charge on any atom is 0.223 e. The number of benzene rings is 1. The summed E-state index contributed by atoms with van der Waals surface area (Å²) >= 11 is 9.12. The van der Waals surface area contributed by atoms with E-state index in [1.54, 1.807) is 18.2 Å². The van der Waals surface area contributed by atoms with Gasteiger partial charge >= 0.3 is 0 Å². The minimum absolute atomic E-state index is 0.0200. The summed E-state index contributed by atoms with van der Waals surface area (Å²) in [6.45, 7) is 0. The molecule has 0 unspecified atom stereocenters. The van der Waals surface area contributed by atoms with E-state index in [0.717, 1.165) is 4.47 Å². The third kappa shape index (κ3) is 3.77. The monoisotopic (exact) mass is 289 g/mol. The third-order valence-electron chi connectivity index (χ3n) is 1.39. The Labute approximate surface area is 100 Å². The molecule has 7 heteroatoms. The van der Waals surface area contributed by atoms with E-state index in [0.29, 0.717) is 10.7 Å². The Morgan fingerprint density at radius 3 is 2.47 bits per heavy atom. The molecule has 0 atom stereocenters. The minimum atomic E-state index is -0.139. The number of nitrogens with zero attached hydrogens (tertiary/aromatic N) is 2. The first-order chi connectivity index (χ1) is 6.99. The van der Waals surface area contributed by atoms with Gasteiger partial charge in [0.15, 0.2) is 5.96 Å². The van der Waals surface area contributed by atoms with Crippen molar-refractivity contribution in [2.75, 3.05) is 0 Å². The molecule has 80 valence electrons. The lowest BCUT2D eigenvalue weighted by molar-refractivity contribution is 1.38. The second kappa shape index (κ2) is 4.99. The summed E-state index contributed by atoms with van der Waals surface area (Å²) in [6, 6.07) is 5.12. The first kappa shape index (κ1) is 11.8. The lowest BCUT2D eigenvalue weighted by Gasteiger charge is -1.98. The number of hydrogen-bond acceptors (Lipinski definition) is 1. The van der Waals surface area contributed by atoms with Gasteiger partial charge in [-0.25, -0.2) is 4.99 Å². The molecule has 1 rings (SSSR count). The van der Waals surface area contributed by atoms with Crippen molar-refractivity contribution in [2.45, 2.75) is 0 Å². The molecule has 0 aliphatic carbocycles. The van der Waals surface area contributed by atoms with Crippen LogP contribution >= 0.6 is 27.5 Å². The zero-order valence-corrected chi connectivity index (χ0v) is 9.96. The van der Waals surface area contributed by atoms with Gasteiger partial charge in [0, 0.05) is 4.47 Å². The third-order valence-corrected chi connectivity index (χ3v) is 2.62. The van der Waals surface area contributed by atoms with Crippen LogP contribution < -0.4 is 17.2 Å². The molecule has 1 aromatic rings. The zero-order chi connectivity index (χ0) is 11.4. The van der Waals surface area contributed by atoms with Crippen LogP contribution in [0, 0.1) is 0 Å². The van der Waals surface area contributed by atoms with Crippen molar-refractivity contribution in [1.82, 2.24) is 0 Å². The highest BCUT2D eigenvalue weighted by Crippen LogP contribution is 2.26. The van der Waals surface area contributed by atoms with Crippen LogP contribution in [0.2, 0.25) is 5.02 Å². The highest BCUT2D eigenvalue weighted by atomic mass is 79.9. The average molecular weight is 291 g/mol. The SMILES string of the molecule is NC(N)=NC(N)=Nc1ccc(Br)c(Cl)c1. The Morgan fingerprint density at radius 2 is 1.93 bits per heavy atom. The highest BCUT2D eigenvalue weighted by Gasteiger charge is 1.98. The van der Waals surface area contributed by atoms with Gasteiger partial charge in [-0.3, -0.25) is 0 Å². The van der Waals surface area contributed by atoms with E-state index in [1.165, 1.54) is 0 Å². The summed E-state index contributed by atoms with van der Waals surface area (Å²) in [6.07, 6.45) is 0. The molecule has 0 aliphatic heterocycles. The van der Waals surface area contributed by atoms with E-state index in [4.69, 9.17) is 28.8 Å². The van der Waals surface area contributed by atoms with E-state index in [2.05, 4.69) is 25.9 Å². The van der Waals surface area contributed by atoms with E-state index in [9.17, 15) is 0 Å². The highest BCUT2D eigenvalue weighted by molar-refractivity contribution is 9.10. The molecule has 0 fully saturated rings. The molecule has 0 spiro atoms. The molecule has 0 amide bonds. The molecule has 0 radical (unpaired) electrons. The van der Waals surface area contributed by atoms with E-state index in [1.807, 2.05) is 0 Å². The number of halogens is 2. The molecule has 0 heterocycles. The Bertz CT molecular complexity index is 425. The first-order valence-electron chi connectivity index (χ1n) is 3.88. The summed E-state index contributed by atoms with van der Waals surface area (Å²) in [5.74, 6) is -0.159. The van der Waals surface area contributed by atoms with Crippen LogP contribution in [0.4, 0.5) is 5.69 Å². The van der Waals surface area contributed by atoms with Crippen LogP contribution in [0.25, 0.3) is 0 Å². The van der Waals surface area contributed by atoms with Crippen LogP contribution in [-0.4, -0.2) is 11.9 Å². The lowest BCUT2D eigenvalue weighted by atomic mass is 10.3. The molecule has 15 heavy (non-hydrogen) atoms. The Hall–Kier alpha value is -1.27. The number of hydrogen-bond donors (Lipinski definition) is 3. The smallest absolute Gasteiger partial charge is 0.223 e. The molecular weight excluding hydrogens is 281 g/mol. The summed E-state index contributed by atoms with van der Waals surface area (Å²) < 4.78 is 0.781. The molecule has 0 saturated carbocycles. The van der Waals surface area contributed by atoms with Crippen LogP contribution in [0.1, 0.15) is 0 Å². The number of rotatable bonds is 1. The molecule has 0 aromatic heterocycles. The summed E-state index contributed by atoms with van der Waals surface area (Å²) in [5.41, 5.74) is 16.3. The minimum Gasteiger partial charge on any atom is -0.370 e. The molecule has 5 nitrogen and oxygen atoms in total. The van der Waals surface area contributed by atoms with Gasteiger partial charge in [-0.2, -0.15) is 4.99 Å². The number of guanidine groups is 2. The van der Waals surface area contributed by atoms with Crippen molar-refractivity contribution >= 4 is 45.1 Å². The van der Waals surface area contributed by atoms with Crippen molar-refractivity contribution in [3.8, 4) is 0 Å². The van der Waals surface area contributed by atoms with Gasteiger partial charge in [0.25, 0.3) is 0 Å². The van der Waals surface area contributed by atoms with Gasteiger partial charge in [0.1, 0.15) is 0 Å². The van der Waals surface area contributed by atoms with Gasteiger partial charge in [-0.05, 0) is 34.1 Å². The largest absolute Gasteiger partial charge is 0.370 e. The summed E-state index contributed by atoms with van der Waals surface area (Å²) in [5, 5.41) is 0.536. The van der Waals surface area contributed by atoms with Crippen LogP contribution in [-0.2, 0) is 0 Å². The van der Waals surface area contributed by atoms with Gasteiger partial charge in [-0.15, -0.1) is 0 Å². The molecule has 0 aliphatic rings. The van der Waals surface area contributed by atoms with E-state index >= 15 is 0 Å². The van der Waals surface area contributed by atoms with Crippen molar-refractivity contribution in [1.29, 1.82) is 0 Å². The van der Waals surface area contributed by atoms with Crippen LogP contribution in [0.5, 0.6) is 0 Å². The molecular formula is C8H9BrClN5. The van der Waals surface area contributed by atoms with Gasteiger partial charge < -0.3 is 17.2 Å². The molecule has 6 N–H and O–H groups in total. The predicted molar refractivity (Wildman–Crippen MR) is 66.2 cm³/mol. The maximum atomic E-state index is 5.86. The normalized spacial score (nSPS) is 11.2. The predicted octanol–water partition coefficient (Wildman–Crippen LogP) is 1.32. The van der Waals surface area contributed by atoms with Gasteiger partial charge in [0.05, 0.1) is 10.7 Å².